The molecule has 2 aromatic carbocycles. The number of nitrogens with zero attached hydrogens (tertiary/aromatic N) is 1. The second kappa shape index (κ2) is 6.87. The Labute approximate surface area is 141 Å². The summed E-state index contributed by atoms with van der Waals surface area (Å²) >= 11 is 0. The van der Waals surface area contributed by atoms with Gasteiger partial charge in [0.2, 0.25) is 5.91 Å². The summed E-state index contributed by atoms with van der Waals surface area (Å²) in [5.41, 5.74) is 4.75. The van der Waals surface area contributed by atoms with E-state index in [0.717, 1.165) is 17.5 Å². The van der Waals surface area contributed by atoms with Gasteiger partial charge in [-0.25, -0.2) is 0 Å². The van der Waals surface area contributed by atoms with Crippen molar-refractivity contribution in [1.29, 1.82) is 0 Å². The van der Waals surface area contributed by atoms with Crippen LogP contribution in [-0.2, 0) is 16.0 Å². The summed E-state index contributed by atoms with van der Waals surface area (Å²) in [7, 11) is 0. The van der Waals surface area contributed by atoms with E-state index >= 15 is 0 Å². The van der Waals surface area contributed by atoms with E-state index in [1.54, 1.807) is 0 Å². The molecule has 4 heteroatoms. The number of aryl methyl sites for hydroxylation is 1. The smallest absolute Gasteiger partial charge is 0.303 e. The molecule has 0 saturated heterocycles. The number of carboxylic acids is 1. The van der Waals surface area contributed by atoms with Crippen molar-refractivity contribution >= 4 is 11.9 Å². The van der Waals surface area contributed by atoms with Crippen LogP contribution in [0, 0.1) is 6.92 Å². The predicted molar refractivity (Wildman–Crippen MR) is 91.8 cm³/mol. The summed E-state index contributed by atoms with van der Waals surface area (Å²) in [6.45, 7) is 2.72. The Morgan fingerprint density at radius 2 is 1.83 bits per heavy atom. The molecule has 0 bridgehead atoms. The van der Waals surface area contributed by atoms with Gasteiger partial charge in [-0.2, -0.15) is 0 Å². The maximum absolute atomic E-state index is 12.6. The monoisotopic (exact) mass is 323 g/mol. The van der Waals surface area contributed by atoms with Gasteiger partial charge in [-0.15, -0.1) is 0 Å². The van der Waals surface area contributed by atoms with Crippen molar-refractivity contribution in [2.75, 3.05) is 6.54 Å². The van der Waals surface area contributed by atoms with E-state index < -0.39 is 5.97 Å². The van der Waals surface area contributed by atoms with Gasteiger partial charge in [0.1, 0.15) is 0 Å². The SMILES string of the molecule is Cc1cccc2c1CCN(C(=O)CCC(=O)O)C2c1ccccc1. The minimum atomic E-state index is -0.937. The van der Waals surface area contributed by atoms with Crippen LogP contribution in [0.25, 0.3) is 0 Å². The van der Waals surface area contributed by atoms with Crippen LogP contribution in [0.3, 0.4) is 0 Å². The van der Waals surface area contributed by atoms with Gasteiger partial charge in [0.25, 0.3) is 0 Å². The Bertz CT molecular complexity index is 755. The number of carbonyl (C=O) groups is 2. The van der Waals surface area contributed by atoms with Crippen molar-refractivity contribution in [2.45, 2.75) is 32.2 Å². The highest BCUT2D eigenvalue weighted by molar-refractivity contribution is 5.81. The Morgan fingerprint density at radius 1 is 1.08 bits per heavy atom. The lowest BCUT2D eigenvalue weighted by Crippen LogP contribution is -2.41. The molecule has 1 heterocycles. The lowest BCUT2D eigenvalue weighted by atomic mass is 9.85. The topological polar surface area (TPSA) is 57.6 Å². The zero-order chi connectivity index (χ0) is 17.1. The summed E-state index contributed by atoms with van der Waals surface area (Å²) in [5.74, 6) is -1.04. The van der Waals surface area contributed by atoms with E-state index in [-0.39, 0.29) is 24.8 Å². The second-order valence-corrected chi connectivity index (χ2v) is 6.19. The van der Waals surface area contributed by atoms with Crippen molar-refractivity contribution in [2.24, 2.45) is 0 Å². The summed E-state index contributed by atoms with van der Waals surface area (Å²) in [6, 6.07) is 16.0. The van der Waals surface area contributed by atoms with Crippen molar-refractivity contribution in [3.05, 3.63) is 70.8 Å². The fraction of sp³-hybridized carbons (Fsp3) is 0.300. The van der Waals surface area contributed by atoms with E-state index in [9.17, 15) is 9.59 Å². The lowest BCUT2D eigenvalue weighted by molar-refractivity contribution is -0.141. The van der Waals surface area contributed by atoms with Crippen molar-refractivity contribution in [3.8, 4) is 0 Å². The van der Waals surface area contributed by atoms with Crippen molar-refractivity contribution in [1.82, 2.24) is 4.90 Å². The van der Waals surface area contributed by atoms with E-state index in [4.69, 9.17) is 5.11 Å². The molecule has 1 unspecified atom stereocenters. The van der Waals surface area contributed by atoms with Gasteiger partial charge in [-0.05, 0) is 35.6 Å². The molecular weight excluding hydrogens is 302 g/mol. The highest BCUT2D eigenvalue weighted by atomic mass is 16.4. The molecule has 124 valence electrons. The maximum atomic E-state index is 12.6. The van der Waals surface area contributed by atoms with Crippen LogP contribution in [0.5, 0.6) is 0 Å². The maximum Gasteiger partial charge on any atom is 0.303 e. The van der Waals surface area contributed by atoms with Gasteiger partial charge in [-0.1, -0.05) is 48.5 Å². The fourth-order valence-electron chi connectivity index (χ4n) is 3.47. The number of amides is 1. The molecule has 2 aromatic rings. The van der Waals surface area contributed by atoms with Crippen LogP contribution in [-0.4, -0.2) is 28.4 Å². The van der Waals surface area contributed by atoms with Gasteiger partial charge in [0.15, 0.2) is 0 Å². The molecule has 24 heavy (non-hydrogen) atoms. The predicted octanol–water partition coefficient (Wildman–Crippen LogP) is 3.33. The standard InChI is InChI=1S/C20H21NO3/c1-14-6-5-9-17-16(14)12-13-21(18(22)10-11-19(23)24)20(17)15-7-3-2-4-8-15/h2-9,20H,10-13H2,1H3,(H,23,24). The summed E-state index contributed by atoms with van der Waals surface area (Å²) < 4.78 is 0. The minimum Gasteiger partial charge on any atom is -0.481 e. The van der Waals surface area contributed by atoms with E-state index in [1.807, 2.05) is 41.3 Å². The first-order chi connectivity index (χ1) is 11.6. The number of carbonyl (C=O) groups excluding carboxylic acids is 1. The third-order valence-corrected chi connectivity index (χ3v) is 4.64. The van der Waals surface area contributed by atoms with Crippen LogP contribution >= 0.6 is 0 Å². The number of rotatable bonds is 4. The second-order valence-electron chi connectivity index (χ2n) is 6.19. The fourth-order valence-corrected chi connectivity index (χ4v) is 3.47. The molecule has 3 rings (SSSR count). The molecule has 1 atom stereocenters. The van der Waals surface area contributed by atoms with Crippen LogP contribution in [0.1, 0.15) is 41.1 Å². The normalized spacial score (nSPS) is 16.5. The quantitative estimate of drug-likeness (QED) is 0.939. The summed E-state index contributed by atoms with van der Waals surface area (Å²) in [6.07, 6.45) is 0.724. The zero-order valence-electron chi connectivity index (χ0n) is 13.7. The molecule has 0 radical (unpaired) electrons. The Hall–Kier alpha value is -2.62. The highest BCUT2D eigenvalue weighted by Crippen LogP contribution is 2.36. The highest BCUT2D eigenvalue weighted by Gasteiger charge is 2.32. The van der Waals surface area contributed by atoms with Crippen LogP contribution in [0.4, 0.5) is 0 Å². The molecule has 0 fully saturated rings. The third-order valence-electron chi connectivity index (χ3n) is 4.64. The Morgan fingerprint density at radius 3 is 2.54 bits per heavy atom. The largest absolute Gasteiger partial charge is 0.481 e. The molecule has 0 aromatic heterocycles. The van der Waals surface area contributed by atoms with Crippen LogP contribution in [0.15, 0.2) is 48.5 Å². The number of fused-ring (bicyclic) bond motifs is 1. The lowest BCUT2D eigenvalue weighted by Gasteiger charge is -2.38. The number of hydrogen-bond donors (Lipinski definition) is 1. The molecule has 0 saturated carbocycles. The Balaban J connectivity index is 2.00. The first-order valence-electron chi connectivity index (χ1n) is 8.22. The average Bonchev–Trinajstić information content (AvgIpc) is 2.59. The summed E-state index contributed by atoms with van der Waals surface area (Å²) in [5, 5.41) is 8.87. The molecule has 1 amide bonds. The van der Waals surface area contributed by atoms with Gasteiger partial charge >= 0.3 is 5.97 Å². The number of hydrogen-bond acceptors (Lipinski definition) is 2. The minimum absolute atomic E-state index is 0.0415. The average molecular weight is 323 g/mol. The molecule has 0 spiro atoms. The van der Waals surface area contributed by atoms with Gasteiger partial charge in [-0.3, -0.25) is 9.59 Å². The van der Waals surface area contributed by atoms with E-state index in [0.29, 0.717) is 6.54 Å². The van der Waals surface area contributed by atoms with Crippen molar-refractivity contribution < 1.29 is 14.7 Å². The molecule has 4 nitrogen and oxygen atoms in total. The van der Waals surface area contributed by atoms with E-state index in [2.05, 4.69) is 19.1 Å². The van der Waals surface area contributed by atoms with Gasteiger partial charge < -0.3 is 10.0 Å². The molecule has 1 N–H and O–H groups in total. The molecular formula is C20H21NO3. The summed E-state index contributed by atoms with van der Waals surface area (Å²) in [4.78, 5) is 25.3. The molecule has 1 aliphatic rings. The van der Waals surface area contributed by atoms with Crippen LogP contribution in [0.2, 0.25) is 0 Å². The van der Waals surface area contributed by atoms with Crippen LogP contribution < -0.4 is 0 Å². The van der Waals surface area contributed by atoms with Gasteiger partial charge in [0, 0.05) is 13.0 Å². The first kappa shape index (κ1) is 16.2. The van der Waals surface area contributed by atoms with E-state index in [1.165, 1.54) is 11.1 Å². The number of aliphatic carboxylic acids is 1. The molecule has 1 aliphatic heterocycles. The zero-order valence-corrected chi connectivity index (χ0v) is 13.7. The first-order valence-corrected chi connectivity index (χ1v) is 8.22. The Kier molecular flexibility index (Phi) is 4.65. The number of carboxylic acid groups (broad SMARTS) is 1. The third kappa shape index (κ3) is 3.18. The number of benzene rings is 2. The van der Waals surface area contributed by atoms with Crippen molar-refractivity contribution in [3.63, 3.8) is 0 Å². The molecule has 0 aliphatic carbocycles. The van der Waals surface area contributed by atoms with Gasteiger partial charge in [0.05, 0.1) is 12.5 Å².